The number of likely N-dealkylation sites (N-methyl/N-ethyl adjacent to an activating group) is 1. The van der Waals surface area contributed by atoms with Crippen molar-refractivity contribution in [2.45, 2.75) is 37.4 Å². The first-order chi connectivity index (χ1) is 11.7. The maximum absolute atomic E-state index is 5.69. The van der Waals surface area contributed by atoms with Crippen molar-refractivity contribution >= 4 is 0 Å². The van der Waals surface area contributed by atoms with Crippen LogP contribution < -0.4 is 0 Å². The average molecular weight is 333 g/mol. The summed E-state index contributed by atoms with van der Waals surface area (Å²) in [4.78, 5) is 7.95. The predicted octanol–water partition coefficient (Wildman–Crippen LogP) is 0.442. The minimum Gasteiger partial charge on any atom is -0.380 e. The van der Waals surface area contributed by atoms with Gasteiger partial charge in [-0.25, -0.2) is 0 Å². The van der Waals surface area contributed by atoms with Gasteiger partial charge in [0.2, 0.25) is 0 Å². The normalized spacial score (nSPS) is 33.5. The maximum Gasteiger partial charge on any atom is 0.0622 e. The van der Waals surface area contributed by atoms with E-state index in [0.717, 1.165) is 19.6 Å². The van der Waals surface area contributed by atoms with Crippen LogP contribution in [0.3, 0.4) is 0 Å². The lowest BCUT2D eigenvalue weighted by Gasteiger charge is -2.41. The third-order valence-electron chi connectivity index (χ3n) is 6.14. The molecule has 0 bridgehead atoms. The van der Waals surface area contributed by atoms with Gasteiger partial charge in [-0.3, -0.25) is 14.5 Å². The highest BCUT2D eigenvalue weighted by Gasteiger charge is 2.42. The Bertz CT molecular complexity index is 533. The number of piperazine rings is 1. The summed E-state index contributed by atoms with van der Waals surface area (Å²) in [6.07, 6.45) is 7.83. The lowest BCUT2D eigenvalue weighted by Crippen LogP contribution is -2.54. The fourth-order valence-electron chi connectivity index (χ4n) is 4.75. The van der Waals surface area contributed by atoms with Crippen LogP contribution in [0.25, 0.3) is 0 Å². The van der Waals surface area contributed by atoms with E-state index in [4.69, 9.17) is 4.74 Å². The van der Waals surface area contributed by atoms with Crippen LogP contribution in [-0.4, -0.2) is 95.6 Å². The Morgan fingerprint density at radius 2 is 1.96 bits per heavy atom. The molecule has 0 radical (unpaired) electrons. The third kappa shape index (κ3) is 3.38. The zero-order valence-electron chi connectivity index (χ0n) is 15.1. The highest BCUT2D eigenvalue weighted by molar-refractivity contribution is 5.10. The van der Waals surface area contributed by atoms with Crippen LogP contribution in [0.5, 0.6) is 0 Å². The van der Waals surface area contributed by atoms with Gasteiger partial charge in [-0.15, -0.1) is 0 Å². The van der Waals surface area contributed by atoms with E-state index in [2.05, 4.69) is 33.0 Å². The van der Waals surface area contributed by atoms with E-state index in [9.17, 15) is 0 Å². The van der Waals surface area contributed by atoms with E-state index in [1.54, 1.807) is 0 Å². The van der Waals surface area contributed by atoms with E-state index in [1.165, 1.54) is 51.1 Å². The Hall–Kier alpha value is -0.950. The molecule has 1 unspecified atom stereocenters. The smallest absolute Gasteiger partial charge is 0.0622 e. The van der Waals surface area contributed by atoms with Gasteiger partial charge in [0.15, 0.2) is 0 Å². The molecule has 0 aliphatic carbocycles. The van der Waals surface area contributed by atoms with E-state index in [-0.39, 0.29) is 0 Å². The van der Waals surface area contributed by atoms with Crippen LogP contribution >= 0.6 is 0 Å². The van der Waals surface area contributed by atoms with Crippen molar-refractivity contribution in [1.82, 2.24) is 24.5 Å². The van der Waals surface area contributed by atoms with Crippen molar-refractivity contribution in [3.8, 4) is 0 Å². The van der Waals surface area contributed by atoms with Crippen LogP contribution in [0.1, 0.15) is 18.4 Å². The molecule has 4 rings (SSSR count). The van der Waals surface area contributed by atoms with Gasteiger partial charge >= 0.3 is 0 Å². The summed E-state index contributed by atoms with van der Waals surface area (Å²) in [5.74, 6) is 0. The second-order valence-corrected chi connectivity index (χ2v) is 7.74. The van der Waals surface area contributed by atoms with E-state index in [0.29, 0.717) is 18.1 Å². The number of ether oxygens (including phenoxy) is 1. The fourth-order valence-corrected chi connectivity index (χ4v) is 4.75. The fraction of sp³-hybridized carbons (Fsp3) is 0.833. The van der Waals surface area contributed by atoms with Crippen molar-refractivity contribution in [1.29, 1.82) is 0 Å². The van der Waals surface area contributed by atoms with E-state index >= 15 is 0 Å². The van der Waals surface area contributed by atoms with Gasteiger partial charge in [0, 0.05) is 70.7 Å². The van der Waals surface area contributed by atoms with Crippen LogP contribution in [0.15, 0.2) is 12.4 Å². The number of hydrogen-bond acceptors (Lipinski definition) is 5. The lowest BCUT2D eigenvalue weighted by molar-refractivity contribution is 0.0711. The molecule has 0 aromatic carbocycles. The largest absolute Gasteiger partial charge is 0.380 e. The molecule has 3 atom stereocenters. The molecule has 3 fully saturated rings. The van der Waals surface area contributed by atoms with Gasteiger partial charge in [-0.05, 0) is 31.9 Å². The summed E-state index contributed by atoms with van der Waals surface area (Å²) in [6.45, 7) is 7.87. The number of likely N-dealkylation sites (tertiary alicyclic amines) is 1. The zero-order valence-corrected chi connectivity index (χ0v) is 15.1. The highest BCUT2D eigenvalue weighted by Crippen LogP contribution is 2.30. The SMILES string of the molecule is CN1CCN([C@@H]2CCN(C3CCOC3)[C@H]2Cc2cnn(C)c2)CC1. The molecule has 6 heteroatoms. The van der Waals surface area contributed by atoms with Crippen LogP contribution in [0, 0.1) is 0 Å². The van der Waals surface area contributed by atoms with Crippen molar-refractivity contribution in [2.75, 3.05) is 53.0 Å². The molecule has 0 spiro atoms. The summed E-state index contributed by atoms with van der Waals surface area (Å²) < 4.78 is 7.62. The molecule has 1 aromatic rings. The quantitative estimate of drug-likeness (QED) is 0.799. The zero-order chi connectivity index (χ0) is 16.5. The van der Waals surface area contributed by atoms with Crippen molar-refractivity contribution in [2.24, 2.45) is 7.05 Å². The van der Waals surface area contributed by atoms with Crippen molar-refractivity contribution < 1.29 is 4.74 Å². The molecule has 3 saturated heterocycles. The predicted molar refractivity (Wildman–Crippen MR) is 94.1 cm³/mol. The number of nitrogens with zero attached hydrogens (tertiary/aromatic N) is 5. The Balaban J connectivity index is 1.50. The summed E-state index contributed by atoms with van der Waals surface area (Å²) >= 11 is 0. The molecule has 0 N–H and O–H groups in total. The van der Waals surface area contributed by atoms with Crippen molar-refractivity contribution in [3.05, 3.63) is 18.0 Å². The summed E-state index contributed by atoms with van der Waals surface area (Å²) in [5.41, 5.74) is 1.37. The van der Waals surface area contributed by atoms with E-state index < -0.39 is 0 Å². The molecule has 134 valence electrons. The molecule has 24 heavy (non-hydrogen) atoms. The number of hydrogen-bond donors (Lipinski definition) is 0. The van der Waals surface area contributed by atoms with Gasteiger partial charge < -0.3 is 9.64 Å². The standard InChI is InChI=1S/C18H31N5O/c1-20-6-8-22(9-7-20)17-3-5-23(16-4-10-24-14-16)18(17)11-15-12-19-21(2)13-15/h12-13,16-18H,3-11,14H2,1-2H3/t16?,17-,18+/m1/s1. The highest BCUT2D eigenvalue weighted by atomic mass is 16.5. The Labute approximate surface area is 145 Å². The first kappa shape index (κ1) is 16.5. The van der Waals surface area contributed by atoms with E-state index in [1.807, 2.05) is 17.9 Å². The van der Waals surface area contributed by atoms with Gasteiger partial charge in [0.25, 0.3) is 0 Å². The molecular weight excluding hydrogens is 302 g/mol. The first-order valence-electron chi connectivity index (χ1n) is 9.44. The minimum atomic E-state index is 0.601. The first-order valence-corrected chi connectivity index (χ1v) is 9.44. The Morgan fingerprint density at radius 1 is 1.12 bits per heavy atom. The second kappa shape index (κ2) is 7.12. The van der Waals surface area contributed by atoms with Gasteiger partial charge in [0.1, 0.15) is 0 Å². The van der Waals surface area contributed by atoms with Crippen LogP contribution in [-0.2, 0) is 18.2 Å². The summed E-state index contributed by atoms with van der Waals surface area (Å²) in [6, 6.07) is 1.90. The molecule has 0 amide bonds. The Kier molecular flexibility index (Phi) is 4.90. The lowest BCUT2D eigenvalue weighted by atomic mass is 9.99. The second-order valence-electron chi connectivity index (χ2n) is 7.74. The maximum atomic E-state index is 5.69. The van der Waals surface area contributed by atoms with Gasteiger partial charge in [-0.1, -0.05) is 0 Å². The molecule has 0 saturated carbocycles. The third-order valence-corrected chi connectivity index (χ3v) is 6.14. The topological polar surface area (TPSA) is 36.8 Å². The summed E-state index contributed by atoms with van der Waals surface area (Å²) in [5, 5.41) is 4.38. The average Bonchev–Trinajstić information content (AvgIpc) is 3.30. The summed E-state index contributed by atoms with van der Waals surface area (Å²) in [7, 11) is 4.25. The molecule has 6 nitrogen and oxygen atoms in total. The Morgan fingerprint density at radius 3 is 2.62 bits per heavy atom. The molecule has 3 aliphatic heterocycles. The molecule has 3 aliphatic rings. The van der Waals surface area contributed by atoms with Gasteiger partial charge in [0.05, 0.1) is 12.8 Å². The van der Waals surface area contributed by atoms with Gasteiger partial charge in [-0.2, -0.15) is 5.10 Å². The number of rotatable bonds is 4. The van der Waals surface area contributed by atoms with Crippen molar-refractivity contribution in [3.63, 3.8) is 0 Å². The van der Waals surface area contributed by atoms with Crippen LogP contribution in [0.2, 0.25) is 0 Å². The minimum absolute atomic E-state index is 0.601. The monoisotopic (exact) mass is 333 g/mol. The van der Waals surface area contributed by atoms with Crippen LogP contribution in [0.4, 0.5) is 0 Å². The number of aryl methyl sites for hydroxylation is 1. The number of aromatic nitrogens is 2. The molecule has 4 heterocycles. The molecule has 1 aromatic heterocycles. The molecular formula is C18H31N5O.